The molecule has 2 fully saturated rings. The molecule has 2 N–H and O–H groups in total. The summed E-state index contributed by atoms with van der Waals surface area (Å²) < 4.78 is 6.56. The molecule has 10 heteroatoms. The maximum absolute atomic E-state index is 12.1. The number of likely N-dealkylation sites (tertiary alicyclic amines) is 1. The zero-order valence-corrected chi connectivity index (χ0v) is 17.9. The van der Waals surface area contributed by atoms with Gasteiger partial charge in [-0.05, 0) is 50.6 Å². The maximum atomic E-state index is 12.1. The number of ether oxygens (including phenoxy) is 1. The van der Waals surface area contributed by atoms with Gasteiger partial charge >= 0.3 is 11.4 Å². The molecule has 10 nitrogen and oxygen atoms in total. The monoisotopic (exact) mass is 453 g/mol. The number of allylic oxidation sites excluding steroid dienone is 1. The number of hydrogen-bond acceptors (Lipinski definition) is 8. The van der Waals surface area contributed by atoms with E-state index >= 15 is 0 Å². The van der Waals surface area contributed by atoms with Gasteiger partial charge in [0.05, 0.1) is 27.6 Å². The van der Waals surface area contributed by atoms with E-state index in [0.29, 0.717) is 19.3 Å². The first kappa shape index (κ1) is 20.5. The molecule has 0 amide bonds. The number of nitro benzene ring substituents is 2. The minimum absolute atomic E-state index is 0.00562. The van der Waals surface area contributed by atoms with Gasteiger partial charge in [-0.25, -0.2) is 0 Å². The van der Waals surface area contributed by atoms with Crippen LogP contribution in [0, 0.1) is 31.6 Å². The average molecular weight is 453 g/mol. The second-order valence-electron chi connectivity index (χ2n) is 9.62. The van der Waals surface area contributed by atoms with Gasteiger partial charge in [-0.15, -0.1) is 0 Å². The Hall–Kier alpha value is -3.08. The summed E-state index contributed by atoms with van der Waals surface area (Å²) in [5, 5.41) is 46.2. The second kappa shape index (κ2) is 6.49. The molecule has 0 aromatic heterocycles. The van der Waals surface area contributed by atoms with Crippen LogP contribution in [-0.2, 0) is 10.3 Å². The zero-order chi connectivity index (χ0) is 23.3. The summed E-state index contributed by atoms with van der Waals surface area (Å²) in [6.45, 7) is 0.746. The summed E-state index contributed by atoms with van der Waals surface area (Å²) in [7, 11) is 2.07. The molecule has 33 heavy (non-hydrogen) atoms. The average Bonchev–Trinajstić information content (AvgIpc) is 3.11. The van der Waals surface area contributed by atoms with Gasteiger partial charge in [0.25, 0.3) is 0 Å². The van der Waals surface area contributed by atoms with Gasteiger partial charge in [-0.2, -0.15) is 0 Å². The Kier molecular flexibility index (Phi) is 4.04. The lowest BCUT2D eigenvalue weighted by Gasteiger charge is -2.58. The van der Waals surface area contributed by atoms with Crippen molar-refractivity contribution in [2.24, 2.45) is 11.3 Å². The van der Waals surface area contributed by atoms with E-state index in [0.717, 1.165) is 23.8 Å². The molecule has 2 bridgehead atoms. The van der Waals surface area contributed by atoms with E-state index < -0.39 is 44.4 Å². The topological polar surface area (TPSA) is 139 Å². The number of nitrogens with zero attached hydrogens (tertiary/aromatic N) is 3. The minimum atomic E-state index is -1.74. The summed E-state index contributed by atoms with van der Waals surface area (Å²) in [5.41, 5.74) is -2.03. The quantitative estimate of drug-likeness (QED) is 0.405. The zero-order valence-electron chi connectivity index (χ0n) is 17.9. The molecule has 2 heterocycles. The predicted molar refractivity (Wildman–Crippen MR) is 115 cm³/mol. The Morgan fingerprint density at radius 3 is 2.73 bits per heavy atom. The van der Waals surface area contributed by atoms with E-state index in [1.165, 1.54) is 12.1 Å². The summed E-state index contributed by atoms with van der Waals surface area (Å²) in [6.07, 6.45) is 5.43. The fraction of sp³-hybridized carbons (Fsp3) is 0.478. The number of benzene rings is 1. The van der Waals surface area contributed by atoms with Crippen LogP contribution in [0.3, 0.4) is 0 Å². The molecular formula is C23H23N3O7. The van der Waals surface area contributed by atoms with Crippen LogP contribution in [-0.4, -0.2) is 56.8 Å². The summed E-state index contributed by atoms with van der Waals surface area (Å²) in [6, 6.07) is 4.07. The maximum Gasteiger partial charge on any atom is 0.352 e. The smallest absolute Gasteiger partial charge is 0.352 e. The van der Waals surface area contributed by atoms with E-state index in [1.807, 2.05) is 6.08 Å². The fourth-order valence-corrected chi connectivity index (χ4v) is 7.21. The lowest BCUT2D eigenvalue weighted by molar-refractivity contribution is -0.423. The highest BCUT2D eigenvalue weighted by Crippen LogP contribution is 2.70. The molecule has 172 valence electrons. The predicted octanol–water partition coefficient (Wildman–Crippen LogP) is 2.88. The molecule has 5 aliphatic rings. The number of para-hydroxylation sites is 1. The van der Waals surface area contributed by atoms with E-state index in [-0.39, 0.29) is 23.3 Å². The van der Waals surface area contributed by atoms with Gasteiger partial charge in [0.1, 0.15) is 5.76 Å². The van der Waals surface area contributed by atoms with Crippen LogP contribution in [0.25, 0.3) is 0 Å². The third kappa shape index (κ3) is 2.28. The van der Waals surface area contributed by atoms with Gasteiger partial charge in [0, 0.05) is 23.4 Å². The van der Waals surface area contributed by atoms with Crippen molar-refractivity contribution in [1.29, 1.82) is 0 Å². The van der Waals surface area contributed by atoms with E-state index in [2.05, 4.69) is 11.9 Å². The van der Waals surface area contributed by atoms with Crippen LogP contribution >= 0.6 is 0 Å². The number of piperidine rings is 1. The highest BCUT2D eigenvalue weighted by Gasteiger charge is 2.72. The Morgan fingerprint density at radius 1 is 1.21 bits per heavy atom. The summed E-state index contributed by atoms with van der Waals surface area (Å²) in [4.78, 5) is 24.6. The lowest BCUT2D eigenvalue weighted by Crippen LogP contribution is -2.61. The first-order chi connectivity index (χ1) is 15.7. The molecule has 1 aromatic carbocycles. The van der Waals surface area contributed by atoms with Gasteiger partial charge in [-0.1, -0.05) is 23.8 Å². The van der Waals surface area contributed by atoms with E-state index in [9.17, 15) is 30.4 Å². The van der Waals surface area contributed by atoms with E-state index in [1.54, 1.807) is 12.2 Å². The number of nitro groups is 2. The molecule has 2 saturated heterocycles. The van der Waals surface area contributed by atoms with E-state index in [4.69, 9.17) is 4.74 Å². The van der Waals surface area contributed by atoms with Crippen molar-refractivity contribution in [2.45, 2.75) is 43.1 Å². The number of rotatable bonds is 3. The first-order valence-corrected chi connectivity index (χ1v) is 11.0. The fourth-order valence-electron chi connectivity index (χ4n) is 7.21. The second-order valence-corrected chi connectivity index (χ2v) is 9.62. The van der Waals surface area contributed by atoms with Gasteiger partial charge in [0.2, 0.25) is 0 Å². The molecule has 6 rings (SSSR count). The Labute approximate surface area is 188 Å². The van der Waals surface area contributed by atoms with Crippen LogP contribution in [0.1, 0.15) is 24.8 Å². The lowest BCUT2D eigenvalue weighted by atomic mass is 9.50. The van der Waals surface area contributed by atoms with Crippen molar-refractivity contribution in [2.75, 3.05) is 13.6 Å². The number of aliphatic hydroxyl groups is 2. The molecule has 1 unspecified atom stereocenters. The highest BCUT2D eigenvalue weighted by atomic mass is 16.6. The number of aliphatic hydroxyl groups excluding tert-OH is 2. The van der Waals surface area contributed by atoms with Crippen LogP contribution in [0.4, 0.5) is 11.4 Å². The van der Waals surface area contributed by atoms with Gasteiger partial charge < -0.3 is 19.8 Å². The summed E-state index contributed by atoms with van der Waals surface area (Å²) in [5.74, 6) is -0.217. The van der Waals surface area contributed by atoms with Crippen molar-refractivity contribution in [3.8, 4) is 0 Å². The Balaban J connectivity index is 1.70. The van der Waals surface area contributed by atoms with Crippen LogP contribution in [0.2, 0.25) is 0 Å². The molecule has 6 atom stereocenters. The third-order valence-corrected chi connectivity index (χ3v) is 8.39. The van der Waals surface area contributed by atoms with Gasteiger partial charge in [0.15, 0.2) is 5.60 Å². The first-order valence-electron chi connectivity index (χ1n) is 11.0. The molecule has 1 spiro atoms. The number of hydrogen-bond donors (Lipinski definition) is 2. The Morgan fingerprint density at radius 2 is 2.00 bits per heavy atom. The minimum Gasteiger partial charge on any atom is -0.509 e. The molecule has 3 aliphatic carbocycles. The third-order valence-electron chi connectivity index (χ3n) is 8.39. The van der Waals surface area contributed by atoms with Crippen molar-refractivity contribution in [3.05, 3.63) is 79.1 Å². The Bertz CT molecular complexity index is 1210. The highest BCUT2D eigenvalue weighted by molar-refractivity contribution is 5.67. The summed E-state index contributed by atoms with van der Waals surface area (Å²) >= 11 is 0. The normalized spacial score (nSPS) is 38.7. The van der Waals surface area contributed by atoms with Crippen molar-refractivity contribution >= 4 is 11.4 Å². The van der Waals surface area contributed by atoms with Crippen molar-refractivity contribution in [1.82, 2.24) is 4.90 Å². The molecule has 0 radical (unpaired) electrons. The van der Waals surface area contributed by atoms with Crippen LogP contribution in [0.5, 0.6) is 0 Å². The molecule has 2 aliphatic heterocycles. The SMILES string of the molecule is CN1CC[C@]23C4=C5CC=C(O)C4(c4cccc([N+](=O)[O-])c4[N+](=O)[O-])O[C@H]2[C@@H](O)C=C[C@H]3[C@H]1C5. The van der Waals surface area contributed by atoms with Crippen LogP contribution in [0.15, 0.2) is 53.3 Å². The van der Waals surface area contributed by atoms with Crippen molar-refractivity contribution < 1.29 is 24.8 Å². The largest absolute Gasteiger partial charge is 0.509 e. The standard InChI is InChI=1S/C23H23N3O7/c1-24-10-9-22-13-6-7-17(27)21(22)33-23(18(28)8-5-12(20(22)23)11-16(13)24)14-3-2-4-15(25(29)30)19(14)26(31)32/h2-4,6-8,13,16-17,21,27-28H,5,9-11H2,1H3/t13-,16+,17-,21-,22-,23?/m0/s1. The van der Waals surface area contributed by atoms with Gasteiger partial charge in [-0.3, -0.25) is 20.2 Å². The van der Waals surface area contributed by atoms with Crippen LogP contribution < -0.4 is 0 Å². The molecule has 1 aromatic rings. The molecule has 0 saturated carbocycles. The molecular weight excluding hydrogens is 430 g/mol. The van der Waals surface area contributed by atoms with Crippen molar-refractivity contribution in [3.63, 3.8) is 0 Å².